The average Bonchev–Trinajstić information content (AvgIpc) is 2.93. The van der Waals surface area contributed by atoms with Gasteiger partial charge in [0.2, 0.25) is 5.91 Å². The van der Waals surface area contributed by atoms with Crippen LogP contribution in [-0.2, 0) is 14.6 Å². The van der Waals surface area contributed by atoms with E-state index < -0.39 is 9.84 Å². The van der Waals surface area contributed by atoms with Crippen LogP contribution in [0.25, 0.3) is 0 Å². The number of hydrogen-bond acceptors (Lipinski definition) is 3. The summed E-state index contributed by atoms with van der Waals surface area (Å²) in [5.74, 6) is 0.0688. The van der Waals surface area contributed by atoms with Crippen LogP contribution < -0.4 is 5.32 Å². The zero-order valence-corrected chi connectivity index (χ0v) is 15.3. The van der Waals surface area contributed by atoms with Crippen LogP contribution in [0.3, 0.4) is 0 Å². The van der Waals surface area contributed by atoms with E-state index in [2.05, 4.69) is 5.32 Å². The number of rotatable bonds is 5. The Kier molecular flexibility index (Phi) is 5.45. The molecule has 4 nitrogen and oxygen atoms in total. The number of sulfone groups is 1. The van der Waals surface area contributed by atoms with Crippen molar-refractivity contribution in [2.45, 2.75) is 18.9 Å². The summed E-state index contributed by atoms with van der Waals surface area (Å²) in [7, 11) is -2.97. The van der Waals surface area contributed by atoms with Crippen molar-refractivity contribution in [2.75, 3.05) is 11.5 Å². The Hall–Kier alpha value is -1.85. The Morgan fingerprint density at radius 3 is 2.32 bits per heavy atom. The van der Waals surface area contributed by atoms with Crippen LogP contribution in [-0.4, -0.2) is 25.8 Å². The molecule has 1 N–H and O–H groups in total. The Labute approximate surface area is 153 Å². The van der Waals surface area contributed by atoms with Gasteiger partial charge in [-0.3, -0.25) is 4.79 Å². The summed E-state index contributed by atoms with van der Waals surface area (Å²) >= 11 is 5.96. The van der Waals surface area contributed by atoms with E-state index in [4.69, 9.17) is 11.6 Å². The van der Waals surface area contributed by atoms with Gasteiger partial charge in [0.25, 0.3) is 0 Å². The summed E-state index contributed by atoms with van der Waals surface area (Å²) < 4.78 is 23.2. The van der Waals surface area contributed by atoms with Gasteiger partial charge in [-0.1, -0.05) is 54.1 Å². The van der Waals surface area contributed by atoms with Crippen molar-refractivity contribution in [1.82, 2.24) is 5.32 Å². The van der Waals surface area contributed by atoms with Crippen molar-refractivity contribution in [3.05, 3.63) is 70.7 Å². The minimum atomic E-state index is -2.97. The highest BCUT2D eigenvalue weighted by molar-refractivity contribution is 7.91. The van der Waals surface area contributed by atoms with Gasteiger partial charge in [-0.15, -0.1) is 0 Å². The number of amides is 1. The molecule has 6 heteroatoms. The first kappa shape index (κ1) is 18.0. The lowest BCUT2D eigenvalue weighted by Gasteiger charge is -2.21. The summed E-state index contributed by atoms with van der Waals surface area (Å²) in [5.41, 5.74) is 1.90. The highest BCUT2D eigenvalue weighted by Crippen LogP contribution is 2.25. The van der Waals surface area contributed by atoms with Gasteiger partial charge in [0, 0.05) is 11.4 Å². The van der Waals surface area contributed by atoms with E-state index in [1.807, 2.05) is 42.5 Å². The molecule has 1 aliphatic heterocycles. The Balaban J connectivity index is 1.76. The molecule has 0 bridgehead atoms. The fourth-order valence-corrected chi connectivity index (χ4v) is 5.16. The smallest absolute Gasteiger partial charge is 0.221 e. The van der Waals surface area contributed by atoms with Crippen molar-refractivity contribution < 1.29 is 13.2 Å². The topological polar surface area (TPSA) is 63.2 Å². The maximum Gasteiger partial charge on any atom is 0.221 e. The maximum absolute atomic E-state index is 12.5. The summed E-state index contributed by atoms with van der Waals surface area (Å²) in [6.45, 7) is 0. The standard InChI is InChI=1S/C19H20ClNO3S/c20-17-8-6-16(7-9-17)19(15-4-2-1-3-5-15)21-18(22)12-14-10-11-25(23,24)13-14/h1-9,14,19H,10-13H2,(H,21,22)/t14-,19-/m1/s1. The van der Waals surface area contributed by atoms with E-state index >= 15 is 0 Å². The zero-order valence-electron chi connectivity index (χ0n) is 13.7. The van der Waals surface area contributed by atoms with E-state index in [0.29, 0.717) is 11.4 Å². The predicted octanol–water partition coefficient (Wildman–Crippen LogP) is 3.37. The van der Waals surface area contributed by atoms with Gasteiger partial charge >= 0.3 is 0 Å². The molecule has 0 aromatic heterocycles. The molecule has 0 radical (unpaired) electrons. The predicted molar refractivity (Wildman–Crippen MR) is 99.3 cm³/mol. The quantitative estimate of drug-likeness (QED) is 0.868. The fourth-order valence-electron chi connectivity index (χ4n) is 3.17. The van der Waals surface area contributed by atoms with Gasteiger partial charge in [0.05, 0.1) is 17.5 Å². The molecule has 1 saturated heterocycles. The molecule has 0 aliphatic carbocycles. The molecule has 2 aromatic rings. The molecule has 1 fully saturated rings. The van der Waals surface area contributed by atoms with Crippen LogP contribution in [0.15, 0.2) is 54.6 Å². The SMILES string of the molecule is O=C(C[C@H]1CCS(=O)(=O)C1)N[C@H](c1ccccc1)c1ccc(Cl)cc1. The van der Waals surface area contributed by atoms with E-state index in [0.717, 1.165) is 11.1 Å². The lowest BCUT2D eigenvalue weighted by molar-refractivity contribution is -0.122. The maximum atomic E-state index is 12.5. The van der Waals surface area contributed by atoms with E-state index in [9.17, 15) is 13.2 Å². The Morgan fingerprint density at radius 1 is 1.08 bits per heavy atom. The lowest BCUT2D eigenvalue weighted by Crippen LogP contribution is -2.31. The molecule has 0 saturated carbocycles. The minimum absolute atomic E-state index is 0.0911. The van der Waals surface area contributed by atoms with Gasteiger partial charge in [-0.05, 0) is 35.6 Å². The third-order valence-electron chi connectivity index (χ3n) is 4.44. The second-order valence-electron chi connectivity index (χ2n) is 6.44. The molecule has 1 amide bonds. The highest BCUT2D eigenvalue weighted by atomic mass is 35.5. The molecule has 0 spiro atoms. The molecule has 0 unspecified atom stereocenters. The van der Waals surface area contributed by atoms with E-state index in [1.165, 1.54) is 0 Å². The number of benzene rings is 2. The van der Waals surface area contributed by atoms with Crippen molar-refractivity contribution in [3.8, 4) is 0 Å². The third kappa shape index (κ3) is 4.83. The zero-order chi connectivity index (χ0) is 17.9. The largest absolute Gasteiger partial charge is 0.345 e. The number of nitrogens with one attached hydrogen (secondary N) is 1. The van der Waals surface area contributed by atoms with Gasteiger partial charge in [0.15, 0.2) is 9.84 Å². The van der Waals surface area contributed by atoms with E-state index in [-0.39, 0.29) is 35.8 Å². The minimum Gasteiger partial charge on any atom is -0.345 e. The highest BCUT2D eigenvalue weighted by Gasteiger charge is 2.30. The van der Waals surface area contributed by atoms with Crippen LogP contribution >= 0.6 is 11.6 Å². The van der Waals surface area contributed by atoms with Crippen molar-refractivity contribution in [1.29, 1.82) is 0 Å². The Morgan fingerprint density at radius 2 is 1.72 bits per heavy atom. The molecular weight excluding hydrogens is 358 g/mol. The Bertz CT molecular complexity index is 835. The van der Waals surface area contributed by atoms with Crippen molar-refractivity contribution in [2.24, 2.45) is 5.92 Å². The number of halogens is 1. The van der Waals surface area contributed by atoms with Gasteiger partial charge < -0.3 is 5.32 Å². The normalized spacial score (nSPS) is 20.1. The third-order valence-corrected chi connectivity index (χ3v) is 6.53. The summed E-state index contributed by atoms with van der Waals surface area (Å²) in [4.78, 5) is 12.5. The monoisotopic (exact) mass is 377 g/mol. The first-order chi connectivity index (χ1) is 11.9. The van der Waals surface area contributed by atoms with Crippen LogP contribution in [0.5, 0.6) is 0 Å². The lowest BCUT2D eigenvalue weighted by atomic mass is 9.97. The number of carbonyl (C=O) groups excluding carboxylic acids is 1. The van der Waals surface area contributed by atoms with E-state index in [1.54, 1.807) is 12.1 Å². The molecular formula is C19H20ClNO3S. The summed E-state index contributed by atoms with van der Waals surface area (Å²) in [6, 6.07) is 16.8. The van der Waals surface area contributed by atoms with Crippen molar-refractivity contribution in [3.63, 3.8) is 0 Å². The first-order valence-electron chi connectivity index (χ1n) is 8.23. The average molecular weight is 378 g/mol. The molecule has 1 heterocycles. The first-order valence-corrected chi connectivity index (χ1v) is 10.4. The second-order valence-corrected chi connectivity index (χ2v) is 9.10. The summed E-state index contributed by atoms with van der Waals surface area (Å²) in [6.07, 6.45) is 0.794. The molecule has 132 valence electrons. The molecule has 2 atom stereocenters. The fraction of sp³-hybridized carbons (Fsp3) is 0.316. The molecule has 1 aliphatic rings. The molecule has 2 aromatic carbocycles. The van der Waals surface area contributed by atoms with Gasteiger partial charge in [0.1, 0.15) is 0 Å². The van der Waals surface area contributed by atoms with Crippen LogP contribution in [0.1, 0.15) is 30.0 Å². The van der Waals surface area contributed by atoms with Crippen LogP contribution in [0.2, 0.25) is 5.02 Å². The van der Waals surface area contributed by atoms with Crippen LogP contribution in [0.4, 0.5) is 0 Å². The number of hydrogen-bond donors (Lipinski definition) is 1. The summed E-state index contributed by atoms with van der Waals surface area (Å²) in [5, 5.41) is 3.68. The van der Waals surface area contributed by atoms with Gasteiger partial charge in [-0.2, -0.15) is 0 Å². The number of carbonyl (C=O) groups is 1. The van der Waals surface area contributed by atoms with Gasteiger partial charge in [-0.25, -0.2) is 8.42 Å². The second kappa shape index (κ2) is 7.58. The molecule has 25 heavy (non-hydrogen) atoms. The van der Waals surface area contributed by atoms with Crippen molar-refractivity contribution >= 4 is 27.3 Å². The van der Waals surface area contributed by atoms with Crippen LogP contribution in [0, 0.1) is 5.92 Å². The molecule has 3 rings (SSSR count).